The third-order valence-corrected chi connectivity index (χ3v) is 7.82. The number of hydrogen-bond acceptors (Lipinski definition) is 8. The average molecular weight is 558 g/mol. The Balaban J connectivity index is 1.39. The largest absolute Gasteiger partial charge is 0.439 e. The van der Waals surface area contributed by atoms with Gasteiger partial charge in [-0.1, -0.05) is 44.5 Å². The Morgan fingerprint density at radius 1 is 0.975 bits per heavy atom. The van der Waals surface area contributed by atoms with Gasteiger partial charge in [0, 0.05) is 56.7 Å². The second-order valence-electron chi connectivity index (χ2n) is 10.8. The van der Waals surface area contributed by atoms with Crippen LogP contribution in [0.4, 0.5) is 11.6 Å². The number of likely N-dealkylation sites (N-methyl/N-ethyl adjacent to an activating group) is 1. The minimum absolute atomic E-state index is 0.493. The van der Waals surface area contributed by atoms with Gasteiger partial charge < -0.3 is 14.5 Å². The van der Waals surface area contributed by atoms with Gasteiger partial charge in [0.1, 0.15) is 5.75 Å². The molecule has 0 amide bonds. The van der Waals surface area contributed by atoms with Gasteiger partial charge in [-0.3, -0.25) is 9.40 Å². The molecule has 0 aliphatic carbocycles. The summed E-state index contributed by atoms with van der Waals surface area (Å²) in [5, 5.41) is 4.25. The maximum Gasteiger partial charge on any atom is 0.237 e. The predicted octanol–water partition coefficient (Wildman–Crippen LogP) is 6.52. The van der Waals surface area contributed by atoms with Gasteiger partial charge in [-0.25, -0.2) is 4.98 Å². The molecular formula is C31H39N7OS. The van der Waals surface area contributed by atoms with E-state index in [1.54, 1.807) is 4.68 Å². The normalized spacial score (nSPS) is 14.1. The third-order valence-electron chi connectivity index (χ3n) is 7.09. The van der Waals surface area contributed by atoms with Crippen LogP contribution in [-0.4, -0.2) is 57.9 Å². The summed E-state index contributed by atoms with van der Waals surface area (Å²) in [6, 6.07) is 18.8. The predicted molar refractivity (Wildman–Crippen MR) is 164 cm³/mol. The molecule has 2 aromatic carbocycles. The molecule has 8 nitrogen and oxygen atoms in total. The summed E-state index contributed by atoms with van der Waals surface area (Å²) in [6.45, 7) is 8.77. The lowest BCUT2D eigenvalue weighted by molar-refractivity contribution is 0.313. The first-order valence-corrected chi connectivity index (χ1v) is 14.8. The molecule has 1 fully saturated rings. The Kier molecular flexibility index (Phi) is 9.23. The Morgan fingerprint density at radius 2 is 1.75 bits per heavy atom. The van der Waals surface area contributed by atoms with Crippen molar-refractivity contribution in [3.63, 3.8) is 0 Å². The molecule has 40 heavy (non-hydrogen) atoms. The number of anilines is 2. The first kappa shape index (κ1) is 28.0. The van der Waals surface area contributed by atoms with Crippen molar-refractivity contribution in [1.82, 2.24) is 24.6 Å². The van der Waals surface area contributed by atoms with Crippen LogP contribution in [-0.2, 0) is 13.5 Å². The Hall–Kier alpha value is -3.56. The fourth-order valence-corrected chi connectivity index (χ4v) is 5.42. The summed E-state index contributed by atoms with van der Waals surface area (Å²) in [4.78, 5) is 15.4. The molecule has 0 unspecified atom stereocenters. The van der Waals surface area contributed by atoms with Crippen molar-refractivity contribution in [1.29, 1.82) is 0 Å². The molecule has 2 aromatic heterocycles. The average Bonchev–Trinajstić information content (AvgIpc) is 3.38. The molecule has 0 spiro atoms. The van der Waals surface area contributed by atoms with Crippen LogP contribution in [0, 0.1) is 5.92 Å². The van der Waals surface area contributed by atoms with Gasteiger partial charge in [-0.05, 0) is 67.6 Å². The van der Waals surface area contributed by atoms with E-state index < -0.39 is 0 Å². The zero-order valence-corrected chi connectivity index (χ0v) is 24.7. The van der Waals surface area contributed by atoms with Gasteiger partial charge in [-0.15, -0.1) is 0 Å². The van der Waals surface area contributed by atoms with Crippen LogP contribution in [0.3, 0.4) is 0 Å². The lowest BCUT2D eigenvalue weighted by Crippen LogP contribution is -2.44. The number of aromatic nitrogens is 4. The maximum absolute atomic E-state index is 6.31. The number of piperazine rings is 1. The minimum atomic E-state index is 0.493. The van der Waals surface area contributed by atoms with E-state index in [-0.39, 0.29) is 0 Å². The number of nitrogens with zero attached hydrogens (tertiary/aromatic N) is 6. The topological polar surface area (TPSA) is 71.3 Å². The van der Waals surface area contributed by atoms with Crippen LogP contribution in [0.1, 0.15) is 32.3 Å². The lowest BCUT2D eigenvalue weighted by Gasteiger charge is -2.34. The molecule has 9 heteroatoms. The van der Waals surface area contributed by atoms with Gasteiger partial charge in [-0.2, -0.15) is 10.1 Å². The highest BCUT2D eigenvalue weighted by Gasteiger charge is 2.16. The van der Waals surface area contributed by atoms with Crippen LogP contribution in [0.15, 0.2) is 71.9 Å². The van der Waals surface area contributed by atoms with Crippen LogP contribution >= 0.6 is 11.9 Å². The monoisotopic (exact) mass is 557 g/mol. The van der Waals surface area contributed by atoms with Gasteiger partial charge >= 0.3 is 0 Å². The Labute approximate surface area is 241 Å². The molecule has 4 aromatic rings. The molecule has 0 saturated carbocycles. The molecule has 1 aliphatic rings. The Morgan fingerprint density at radius 3 is 2.48 bits per heavy atom. The summed E-state index contributed by atoms with van der Waals surface area (Å²) in [5.74, 6) is 2.43. The molecule has 0 radical (unpaired) electrons. The molecule has 0 bridgehead atoms. The van der Waals surface area contributed by atoms with Crippen molar-refractivity contribution in [2.75, 3.05) is 42.8 Å². The SMILES string of the molecule is CC(C)CCCc1ccccc1-c1cc(Oc2ccc(N3CCN(C)CC3)cc2)nc(NSc2cnn(C)c2)n1. The number of hydrogen-bond donors (Lipinski definition) is 1. The van der Waals surface area contributed by atoms with Crippen molar-refractivity contribution in [2.45, 2.75) is 38.0 Å². The van der Waals surface area contributed by atoms with E-state index in [9.17, 15) is 0 Å². The summed E-state index contributed by atoms with van der Waals surface area (Å²) in [5.41, 5.74) is 4.46. The summed E-state index contributed by atoms with van der Waals surface area (Å²) < 4.78 is 11.4. The zero-order chi connectivity index (χ0) is 27.9. The highest BCUT2D eigenvalue weighted by atomic mass is 32.2. The minimum Gasteiger partial charge on any atom is -0.439 e. The molecule has 3 heterocycles. The molecule has 1 aliphatic heterocycles. The standard InChI is InChI=1S/C31H39N7OS/c1-23(2)8-7-10-24-9-5-6-11-28(24)29-20-30(34-31(33-29)35-40-27-21-32-37(4)22-27)39-26-14-12-25(13-15-26)38-18-16-36(3)17-19-38/h5-6,9,11-15,20-23H,7-8,10,16-19H2,1-4H3,(H,33,34,35). The van der Waals surface area contributed by atoms with Crippen molar-refractivity contribution in [2.24, 2.45) is 13.0 Å². The number of ether oxygens (including phenoxy) is 1. The number of aryl methyl sites for hydroxylation is 2. The number of nitrogens with one attached hydrogen (secondary N) is 1. The van der Waals surface area contributed by atoms with E-state index in [0.29, 0.717) is 17.7 Å². The summed E-state index contributed by atoms with van der Waals surface area (Å²) in [7, 11) is 4.07. The van der Waals surface area contributed by atoms with Crippen LogP contribution < -0.4 is 14.4 Å². The van der Waals surface area contributed by atoms with Crippen molar-refractivity contribution in [3.05, 3.63) is 72.6 Å². The molecule has 210 valence electrons. The van der Waals surface area contributed by atoms with E-state index in [0.717, 1.165) is 60.9 Å². The Bertz CT molecular complexity index is 1380. The first-order chi connectivity index (χ1) is 19.4. The van der Waals surface area contributed by atoms with E-state index in [1.165, 1.54) is 29.6 Å². The highest BCUT2D eigenvalue weighted by molar-refractivity contribution is 8.00. The zero-order valence-electron chi connectivity index (χ0n) is 23.9. The molecule has 0 atom stereocenters. The fourth-order valence-electron chi connectivity index (χ4n) is 4.82. The van der Waals surface area contributed by atoms with E-state index >= 15 is 0 Å². The van der Waals surface area contributed by atoms with Crippen molar-refractivity contribution >= 4 is 23.6 Å². The van der Waals surface area contributed by atoms with Gasteiger partial charge in [0.15, 0.2) is 0 Å². The first-order valence-electron chi connectivity index (χ1n) is 14.0. The van der Waals surface area contributed by atoms with E-state index in [4.69, 9.17) is 14.7 Å². The van der Waals surface area contributed by atoms with Crippen molar-refractivity contribution < 1.29 is 4.74 Å². The van der Waals surface area contributed by atoms with E-state index in [2.05, 4.69) is 76.9 Å². The van der Waals surface area contributed by atoms with Crippen LogP contribution in [0.5, 0.6) is 11.6 Å². The van der Waals surface area contributed by atoms with Crippen molar-refractivity contribution in [3.8, 4) is 22.9 Å². The smallest absolute Gasteiger partial charge is 0.237 e. The van der Waals surface area contributed by atoms with Gasteiger partial charge in [0.25, 0.3) is 0 Å². The van der Waals surface area contributed by atoms with Crippen LogP contribution in [0.2, 0.25) is 0 Å². The summed E-state index contributed by atoms with van der Waals surface area (Å²) in [6.07, 6.45) is 7.11. The molecule has 5 rings (SSSR count). The quantitative estimate of drug-likeness (QED) is 0.209. The van der Waals surface area contributed by atoms with E-state index in [1.807, 2.05) is 37.6 Å². The second-order valence-corrected chi connectivity index (χ2v) is 11.7. The summed E-state index contributed by atoms with van der Waals surface area (Å²) >= 11 is 1.43. The van der Waals surface area contributed by atoms with Gasteiger partial charge in [0.2, 0.25) is 11.8 Å². The molecule has 1 saturated heterocycles. The highest BCUT2D eigenvalue weighted by Crippen LogP contribution is 2.31. The molecule has 1 N–H and O–H groups in total. The fraction of sp³-hybridized carbons (Fsp3) is 0.387. The number of rotatable bonds is 11. The maximum atomic E-state index is 6.31. The lowest BCUT2D eigenvalue weighted by atomic mass is 9.97. The second kappa shape index (κ2) is 13.2. The van der Waals surface area contributed by atoms with Gasteiger partial charge in [0.05, 0.1) is 16.8 Å². The molecular weight excluding hydrogens is 518 g/mol. The number of benzene rings is 2. The van der Waals surface area contributed by atoms with Crippen LogP contribution in [0.25, 0.3) is 11.3 Å². The third kappa shape index (κ3) is 7.55.